The Morgan fingerprint density at radius 3 is 2.94 bits per heavy atom. The Kier molecular flexibility index (Phi) is 2.09. The normalized spacial score (nSPS) is 17.1. The van der Waals surface area contributed by atoms with E-state index in [1.165, 1.54) is 0 Å². The lowest BCUT2D eigenvalue weighted by molar-refractivity contribution is 0.308. The number of H-pyrrole nitrogens is 1. The molecular weight excluding hydrogens is 200 g/mol. The van der Waals surface area contributed by atoms with Crippen molar-refractivity contribution < 1.29 is 0 Å². The number of anilines is 1. The smallest absolute Gasteiger partial charge is 0.142 e. The van der Waals surface area contributed by atoms with Crippen molar-refractivity contribution in [1.29, 1.82) is 0 Å². The molecule has 1 N–H and O–H groups in total. The summed E-state index contributed by atoms with van der Waals surface area (Å²) in [5.41, 5.74) is 0.929. The van der Waals surface area contributed by atoms with Gasteiger partial charge < -0.3 is 9.88 Å². The molecule has 0 saturated carbocycles. The molecule has 0 aromatic carbocycles. The van der Waals surface area contributed by atoms with Gasteiger partial charge in [-0.3, -0.25) is 0 Å². The highest BCUT2D eigenvalue weighted by atomic mass is 15.2. The second-order valence-corrected chi connectivity index (χ2v) is 4.85. The monoisotopic (exact) mass is 216 g/mol. The molecule has 3 heterocycles. The van der Waals surface area contributed by atoms with E-state index in [1.807, 2.05) is 12.3 Å². The van der Waals surface area contributed by atoms with Crippen molar-refractivity contribution in [1.82, 2.24) is 15.0 Å². The third-order valence-electron chi connectivity index (χ3n) is 3.49. The van der Waals surface area contributed by atoms with Crippen LogP contribution >= 0.6 is 0 Å². The van der Waals surface area contributed by atoms with Gasteiger partial charge in [0.25, 0.3) is 0 Å². The first-order valence-corrected chi connectivity index (χ1v) is 5.78. The van der Waals surface area contributed by atoms with Gasteiger partial charge in [-0.2, -0.15) is 0 Å². The zero-order valence-corrected chi connectivity index (χ0v) is 9.64. The third-order valence-corrected chi connectivity index (χ3v) is 3.49. The van der Waals surface area contributed by atoms with E-state index in [0.29, 0.717) is 0 Å². The molecule has 0 radical (unpaired) electrons. The van der Waals surface area contributed by atoms with E-state index >= 15 is 0 Å². The molecule has 4 nitrogen and oxygen atoms in total. The maximum Gasteiger partial charge on any atom is 0.142 e. The molecule has 3 rings (SSSR count). The zero-order valence-electron chi connectivity index (χ0n) is 9.64. The molecule has 84 valence electrons. The highest BCUT2D eigenvalue weighted by Gasteiger charge is 2.30. The summed E-state index contributed by atoms with van der Waals surface area (Å²) in [6.07, 6.45) is 3.55. The van der Waals surface area contributed by atoms with Crippen LogP contribution in [-0.2, 0) is 0 Å². The SMILES string of the molecule is CC(C)C1CN(c2ncnc3[nH]ccc23)C1. The maximum absolute atomic E-state index is 4.39. The molecule has 0 atom stereocenters. The fourth-order valence-corrected chi connectivity index (χ4v) is 2.22. The lowest BCUT2D eigenvalue weighted by Crippen LogP contribution is -2.49. The van der Waals surface area contributed by atoms with Gasteiger partial charge in [0.2, 0.25) is 0 Å². The second-order valence-electron chi connectivity index (χ2n) is 4.85. The first-order valence-electron chi connectivity index (χ1n) is 5.78. The molecule has 0 bridgehead atoms. The average Bonchev–Trinajstić information content (AvgIpc) is 2.63. The Labute approximate surface area is 94.7 Å². The number of hydrogen-bond donors (Lipinski definition) is 1. The van der Waals surface area contributed by atoms with Crippen LogP contribution in [0.4, 0.5) is 5.82 Å². The molecule has 0 spiro atoms. The summed E-state index contributed by atoms with van der Waals surface area (Å²) < 4.78 is 0. The minimum Gasteiger partial charge on any atom is -0.355 e. The van der Waals surface area contributed by atoms with Gasteiger partial charge in [-0.25, -0.2) is 9.97 Å². The van der Waals surface area contributed by atoms with Gasteiger partial charge in [0, 0.05) is 19.3 Å². The molecule has 0 unspecified atom stereocenters. The van der Waals surface area contributed by atoms with Crippen LogP contribution in [0.2, 0.25) is 0 Å². The van der Waals surface area contributed by atoms with Gasteiger partial charge in [0.05, 0.1) is 5.39 Å². The molecule has 0 aliphatic carbocycles. The summed E-state index contributed by atoms with van der Waals surface area (Å²) in [5, 5.41) is 1.13. The molecular formula is C12H16N4. The number of fused-ring (bicyclic) bond motifs is 1. The van der Waals surface area contributed by atoms with Crippen molar-refractivity contribution in [3.8, 4) is 0 Å². The number of hydrogen-bond acceptors (Lipinski definition) is 3. The molecule has 4 heteroatoms. The molecule has 2 aromatic heterocycles. The van der Waals surface area contributed by atoms with E-state index < -0.39 is 0 Å². The van der Waals surface area contributed by atoms with Crippen LogP contribution in [0.15, 0.2) is 18.6 Å². The summed E-state index contributed by atoms with van der Waals surface area (Å²) in [4.78, 5) is 14.0. The van der Waals surface area contributed by atoms with E-state index in [-0.39, 0.29) is 0 Å². The van der Waals surface area contributed by atoms with Gasteiger partial charge in [-0.1, -0.05) is 13.8 Å². The minimum absolute atomic E-state index is 0.764. The average molecular weight is 216 g/mol. The number of aromatic amines is 1. The zero-order chi connectivity index (χ0) is 11.1. The molecule has 0 amide bonds. The van der Waals surface area contributed by atoms with Crippen molar-refractivity contribution in [2.75, 3.05) is 18.0 Å². The Morgan fingerprint density at radius 2 is 2.19 bits per heavy atom. The van der Waals surface area contributed by atoms with Crippen molar-refractivity contribution >= 4 is 16.9 Å². The lowest BCUT2D eigenvalue weighted by atomic mass is 9.88. The number of nitrogens with zero attached hydrogens (tertiary/aromatic N) is 3. The Hall–Kier alpha value is -1.58. The van der Waals surface area contributed by atoms with Gasteiger partial charge in [-0.15, -0.1) is 0 Å². The van der Waals surface area contributed by atoms with Crippen LogP contribution in [0.5, 0.6) is 0 Å². The number of nitrogens with one attached hydrogen (secondary N) is 1. The van der Waals surface area contributed by atoms with Crippen LogP contribution in [-0.4, -0.2) is 28.0 Å². The van der Waals surface area contributed by atoms with Gasteiger partial charge >= 0.3 is 0 Å². The summed E-state index contributed by atoms with van der Waals surface area (Å²) in [5.74, 6) is 2.65. The second kappa shape index (κ2) is 3.47. The van der Waals surface area contributed by atoms with E-state index in [9.17, 15) is 0 Å². The van der Waals surface area contributed by atoms with Crippen LogP contribution in [0.3, 0.4) is 0 Å². The van der Waals surface area contributed by atoms with Crippen molar-refractivity contribution in [2.45, 2.75) is 13.8 Å². The Balaban J connectivity index is 1.88. The fourth-order valence-electron chi connectivity index (χ4n) is 2.22. The molecule has 1 fully saturated rings. The van der Waals surface area contributed by atoms with E-state index in [2.05, 4.69) is 33.7 Å². The fraction of sp³-hybridized carbons (Fsp3) is 0.500. The molecule has 1 aliphatic rings. The standard InChI is InChI=1S/C12H16N4/c1-8(2)9-5-16(6-9)12-10-3-4-13-11(10)14-7-15-12/h3-4,7-9H,5-6H2,1-2H3,(H,13,14,15). The van der Waals surface area contributed by atoms with Gasteiger partial charge in [-0.05, 0) is 17.9 Å². The number of aromatic nitrogens is 3. The molecule has 16 heavy (non-hydrogen) atoms. The summed E-state index contributed by atoms with van der Waals surface area (Å²) in [6, 6.07) is 2.05. The van der Waals surface area contributed by atoms with Crippen molar-refractivity contribution in [2.24, 2.45) is 11.8 Å². The predicted octanol–water partition coefficient (Wildman–Crippen LogP) is 2.05. The van der Waals surface area contributed by atoms with Crippen LogP contribution in [0.25, 0.3) is 11.0 Å². The van der Waals surface area contributed by atoms with Crippen molar-refractivity contribution in [3.63, 3.8) is 0 Å². The highest BCUT2D eigenvalue weighted by molar-refractivity contribution is 5.87. The first-order chi connectivity index (χ1) is 7.75. The predicted molar refractivity (Wildman–Crippen MR) is 64.4 cm³/mol. The third kappa shape index (κ3) is 1.37. The van der Waals surface area contributed by atoms with Gasteiger partial charge in [0.1, 0.15) is 17.8 Å². The van der Waals surface area contributed by atoms with E-state index in [0.717, 1.165) is 41.8 Å². The topological polar surface area (TPSA) is 44.8 Å². The summed E-state index contributed by atoms with van der Waals surface area (Å²) in [7, 11) is 0. The molecule has 1 aliphatic heterocycles. The first kappa shape index (κ1) is 9.63. The minimum atomic E-state index is 0.764. The Bertz CT molecular complexity index is 496. The molecule has 1 saturated heterocycles. The van der Waals surface area contributed by atoms with Crippen LogP contribution in [0, 0.1) is 11.8 Å². The Morgan fingerprint density at radius 1 is 1.38 bits per heavy atom. The lowest BCUT2D eigenvalue weighted by Gasteiger charge is -2.42. The summed E-state index contributed by atoms with van der Waals surface area (Å²) in [6.45, 7) is 6.81. The summed E-state index contributed by atoms with van der Waals surface area (Å²) >= 11 is 0. The quantitative estimate of drug-likeness (QED) is 0.835. The van der Waals surface area contributed by atoms with E-state index in [1.54, 1.807) is 6.33 Å². The van der Waals surface area contributed by atoms with Crippen molar-refractivity contribution in [3.05, 3.63) is 18.6 Å². The molecule has 2 aromatic rings. The highest BCUT2D eigenvalue weighted by Crippen LogP contribution is 2.31. The van der Waals surface area contributed by atoms with Crippen LogP contribution < -0.4 is 4.90 Å². The van der Waals surface area contributed by atoms with Gasteiger partial charge in [0.15, 0.2) is 0 Å². The maximum atomic E-state index is 4.39. The largest absolute Gasteiger partial charge is 0.355 e. The van der Waals surface area contributed by atoms with E-state index in [4.69, 9.17) is 0 Å². The van der Waals surface area contributed by atoms with Crippen LogP contribution in [0.1, 0.15) is 13.8 Å². The number of rotatable bonds is 2.